The van der Waals surface area contributed by atoms with E-state index in [1.165, 1.54) is 24.6 Å². The highest BCUT2D eigenvalue weighted by Gasteiger charge is 2.26. The summed E-state index contributed by atoms with van der Waals surface area (Å²) in [7, 11) is 1.85. The Balaban J connectivity index is 1.41. The molecule has 1 atom stereocenters. The Morgan fingerprint density at radius 1 is 1.38 bits per heavy atom. The topological polar surface area (TPSA) is 53.0 Å². The minimum Gasteiger partial charge on any atom is -0.472 e. The first-order valence-electron chi connectivity index (χ1n) is 8.68. The van der Waals surface area contributed by atoms with Crippen molar-refractivity contribution in [2.45, 2.75) is 12.5 Å². The molecule has 1 N–H and O–H groups in total. The minimum absolute atomic E-state index is 0.178. The minimum atomic E-state index is 0.178. The third-order valence-corrected chi connectivity index (χ3v) is 5.34. The molecule has 3 rings (SSSR count). The summed E-state index contributed by atoms with van der Waals surface area (Å²) in [5.41, 5.74) is 0. The number of guanidine groups is 1. The number of nitrogens with zero attached hydrogens (tertiary/aromatic N) is 4. The molecule has 1 aromatic heterocycles. The zero-order valence-electron chi connectivity index (χ0n) is 14.4. The molecular formula is C17H27N5OS. The summed E-state index contributed by atoms with van der Waals surface area (Å²) in [4.78, 5) is 13.5. The third-order valence-electron chi connectivity index (χ3n) is 4.40. The molecule has 0 amide bonds. The monoisotopic (exact) mass is 349 g/mol. The van der Waals surface area contributed by atoms with E-state index in [4.69, 9.17) is 4.74 Å². The van der Waals surface area contributed by atoms with Gasteiger partial charge in [-0.05, 0) is 6.07 Å². The van der Waals surface area contributed by atoms with Crippen LogP contribution in [0.1, 0.15) is 6.42 Å². The highest BCUT2D eigenvalue weighted by molar-refractivity contribution is 7.99. The highest BCUT2D eigenvalue weighted by atomic mass is 32.2. The first-order chi connectivity index (χ1) is 11.8. The summed E-state index contributed by atoms with van der Waals surface area (Å²) in [6.07, 6.45) is 2.94. The van der Waals surface area contributed by atoms with Crippen LogP contribution in [0.3, 0.4) is 0 Å². The summed E-state index contributed by atoms with van der Waals surface area (Å²) >= 11 is 2.05. The van der Waals surface area contributed by atoms with Crippen molar-refractivity contribution in [3.8, 4) is 5.88 Å². The van der Waals surface area contributed by atoms with Gasteiger partial charge in [-0.3, -0.25) is 9.89 Å². The lowest BCUT2D eigenvalue weighted by Crippen LogP contribution is -2.45. The zero-order valence-corrected chi connectivity index (χ0v) is 15.2. The molecule has 3 heterocycles. The van der Waals surface area contributed by atoms with Gasteiger partial charge in [-0.15, -0.1) is 0 Å². The number of nitrogens with one attached hydrogen (secondary N) is 1. The van der Waals surface area contributed by atoms with Gasteiger partial charge in [0.05, 0.1) is 6.54 Å². The number of likely N-dealkylation sites (tertiary alicyclic amines) is 1. The van der Waals surface area contributed by atoms with E-state index < -0.39 is 0 Å². The zero-order chi connectivity index (χ0) is 16.6. The highest BCUT2D eigenvalue weighted by Crippen LogP contribution is 2.16. The van der Waals surface area contributed by atoms with Crippen molar-refractivity contribution in [3.63, 3.8) is 0 Å². The van der Waals surface area contributed by atoms with Crippen LogP contribution in [-0.4, -0.2) is 84.7 Å². The molecule has 0 saturated carbocycles. The number of aromatic nitrogens is 1. The van der Waals surface area contributed by atoms with Gasteiger partial charge in [-0.2, -0.15) is 11.8 Å². The van der Waals surface area contributed by atoms with Gasteiger partial charge in [0.2, 0.25) is 5.88 Å². The van der Waals surface area contributed by atoms with Gasteiger partial charge in [-0.25, -0.2) is 4.98 Å². The van der Waals surface area contributed by atoms with Gasteiger partial charge in [0.25, 0.3) is 0 Å². The van der Waals surface area contributed by atoms with Crippen molar-refractivity contribution < 1.29 is 4.74 Å². The molecule has 6 nitrogen and oxygen atoms in total. The van der Waals surface area contributed by atoms with Crippen LogP contribution in [0.2, 0.25) is 0 Å². The van der Waals surface area contributed by atoms with Crippen LogP contribution in [0.5, 0.6) is 5.88 Å². The van der Waals surface area contributed by atoms with E-state index in [0.717, 1.165) is 38.6 Å². The van der Waals surface area contributed by atoms with Gasteiger partial charge in [0, 0.05) is 70.0 Å². The molecule has 0 spiro atoms. The van der Waals surface area contributed by atoms with Crippen LogP contribution < -0.4 is 10.1 Å². The van der Waals surface area contributed by atoms with E-state index in [9.17, 15) is 0 Å². The molecule has 1 unspecified atom stereocenters. The van der Waals surface area contributed by atoms with Gasteiger partial charge < -0.3 is 15.0 Å². The SMILES string of the molecule is CN=C(NCCN1CCSCC1)N1CCC(Oc2ccccn2)C1. The molecule has 24 heavy (non-hydrogen) atoms. The van der Waals surface area contributed by atoms with E-state index >= 15 is 0 Å². The van der Waals surface area contributed by atoms with Crippen LogP contribution in [-0.2, 0) is 0 Å². The van der Waals surface area contributed by atoms with Crippen molar-refractivity contribution in [2.75, 3.05) is 57.8 Å². The Bertz CT molecular complexity index is 521. The number of hydrogen-bond donors (Lipinski definition) is 1. The standard InChI is InChI=1S/C17H27N5OS/c1-18-17(20-7-9-21-10-12-24-13-11-21)22-8-5-15(14-22)23-16-4-2-3-6-19-16/h2-4,6,15H,5,7-14H2,1H3,(H,18,20). The molecule has 0 aliphatic carbocycles. The smallest absolute Gasteiger partial charge is 0.213 e. The predicted octanol–water partition coefficient (Wildman–Crippen LogP) is 1.16. The number of rotatable bonds is 5. The van der Waals surface area contributed by atoms with E-state index in [0.29, 0.717) is 5.88 Å². The lowest BCUT2D eigenvalue weighted by atomic mass is 10.3. The van der Waals surface area contributed by atoms with Crippen molar-refractivity contribution in [2.24, 2.45) is 4.99 Å². The molecule has 2 saturated heterocycles. The van der Waals surface area contributed by atoms with Crippen LogP contribution in [0.4, 0.5) is 0 Å². The van der Waals surface area contributed by atoms with E-state index in [2.05, 4.69) is 36.9 Å². The van der Waals surface area contributed by atoms with E-state index in [-0.39, 0.29) is 6.10 Å². The number of aliphatic imine (C=N–C) groups is 1. The Kier molecular flexibility index (Phi) is 6.60. The summed E-state index contributed by atoms with van der Waals surface area (Å²) < 4.78 is 5.95. The van der Waals surface area contributed by atoms with Gasteiger partial charge in [0.15, 0.2) is 5.96 Å². The van der Waals surface area contributed by atoms with Crippen molar-refractivity contribution in [1.82, 2.24) is 20.1 Å². The molecule has 2 fully saturated rings. The lowest BCUT2D eigenvalue weighted by Gasteiger charge is -2.27. The number of ether oxygens (including phenoxy) is 1. The number of hydrogen-bond acceptors (Lipinski definition) is 5. The Morgan fingerprint density at radius 2 is 2.25 bits per heavy atom. The number of pyridine rings is 1. The van der Waals surface area contributed by atoms with Crippen LogP contribution in [0.15, 0.2) is 29.4 Å². The second kappa shape index (κ2) is 9.13. The summed E-state index contributed by atoms with van der Waals surface area (Å²) in [6, 6.07) is 5.77. The summed E-state index contributed by atoms with van der Waals surface area (Å²) in [6.45, 7) is 6.26. The normalized spacial score (nSPS) is 22.6. The summed E-state index contributed by atoms with van der Waals surface area (Å²) in [5.74, 6) is 4.20. The van der Waals surface area contributed by atoms with Gasteiger partial charge in [0.1, 0.15) is 6.10 Å². The fraction of sp³-hybridized carbons (Fsp3) is 0.647. The quantitative estimate of drug-likeness (QED) is 0.636. The lowest BCUT2D eigenvalue weighted by molar-refractivity contribution is 0.205. The average molecular weight is 350 g/mol. The molecule has 1 aromatic rings. The molecule has 0 aromatic carbocycles. The molecule has 0 radical (unpaired) electrons. The Hall–Kier alpha value is -1.47. The van der Waals surface area contributed by atoms with Crippen LogP contribution >= 0.6 is 11.8 Å². The van der Waals surface area contributed by atoms with Gasteiger partial charge in [-0.1, -0.05) is 6.07 Å². The maximum atomic E-state index is 5.95. The molecular weight excluding hydrogens is 322 g/mol. The molecule has 2 aliphatic rings. The van der Waals surface area contributed by atoms with Crippen molar-refractivity contribution in [1.29, 1.82) is 0 Å². The first-order valence-corrected chi connectivity index (χ1v) is 9.84. The maximum absolute atomic E-state index is 5.95. The first kappa shape index (κ1) is 17.4. The number of thioether (sulfide) groups is 1. The summed E-state index contributed by atoms with van der Waals surface area (Å²) in [5, 5.41) is 3.50. The van der Waals surface area contributed by atoms with Crippen molar-refractivity contribution >= 4 is 17.7 Å². The second-order valence-corrected chi connectivity index (χ2v) is 7.30. The van der Waals surface area contributed by atoms with Crippen LogP contribution in [0, 0.1) is 0 Å². The molecule has 2 aliphatic heterocycles. The maximum Gasteiger partial charge on any atom is 0.213 e. The van der Waals surface area contributed by atoms with E-state index in [1.54, 1.807) is 6.20 Å². The molecule has 7 heteroatoms. The van der Waals surface area contributed by atoms with Crippen molar-refractivity contribution in [3.05, 3.63) is 24.4 Å². The fourth-order valence-electron chi connectivity index (χ4n) is 3.09. The Labute approximate surface area is 148 Å². The molecule has 0 bridgehead atoms. The second-order valence-electron chi connectivity index (χ2n) is 6.07. The largest absolute Gasteiger partial charge is 0.472 e. The third kappa shape index (κ3) is 5.01. The van der Waals surface area contributed by atoms with E-state index in [1.807, 2.05) is 25.2 Å². The predicted molar refractivity (Wildman–Crippen MR) is 100.0 cm³/mol. The Morgan fingerprint density at radius 3 is 3.00 bits per heavy atom. The van der Waals surface area contributed by atoms with Gasteiger partial charge >= 0.3 is 0 Å². The molecule has 132 valence electrons. The average Bonchev–Trinajstić information content (AvgIpc) is 3.09. The fourth-order valence-corrected chi connectivity index (χ4v) is 4.07. The van der Waals surface area contributed by atoms with Crippen LogP contribution in [0.25, 0.3) is 0 Å².